The summed E-state index contributed by atoms with van der Waals surface area (Å²) in [5, 5.41) is 7.17. The Kier molecular flexibility index (Phi) is 4.58. The summed E-state index contributed by atoms with van der Waals surface area (Å²) in [6.07, 6.45) is 7.60. The topological polar surface area (TPSA) is 91.8 Å². The number of aromatic amines is 1. The number of hydrogen-bond donors (Lipinski definition) is 3. The first-order valence-electron chi connectivity index (χ1n) is 10.4. The summed E-state index contributed by atoms with van der Waals surface area (Å²) in [6, 6.07) is 8.42. The average molecular weight is 391 g/mol. The molecule has 2 amide bonds. The zero-order valence-electron chi connectivity index (χ0n) is 16.3. The molecule has 1 aromatic carbocycles. The van der Waals surface area contributed by atoms with E-state index in [1.54, 1.807) is 0 Å². The highest BCUT2D eigenvalue weighted by Gasteiger charge is 2.30. The van der Waals surface area contributed by atoms with Gasteiger partial charge in [-0.05, 0) is 50.2 Å². The van der Waals surface area contributed by atoms with E-state index in [9.17, 15) is 9.59 Å². The van der Waals surface area contributed by atoms with E-state index in [0.29, 0.717) is 18.1 Å². The Bertz CT molecular complexity index is 1080. The van der Waals surface area contributed by atoms with E-state index in [-0.39, 0.29) is 17.9 Å². The van der Waals surface area contributed by atoms with Crippen molar-refractivity contribution in [3.8, 4) is 0 Å². The van der Waals surface area contributed by atoms with Gasteiger partial charge in [0.25, 0.3) is 11.8 Å². The second kappa shape index (κ2) is 7.39. The number of fused-ring (bicyclic) bond motifs is 2. The number of carbonyl (C=O) groups excluding carboxylic acids is 2. The Morgan fingerprint density at radius 1 is 1.17 bits per heavy atom. The number of H-pyrrole nitrogens is 1. The van der Waals surface area contributed by atoms with Crippen LogP contribution >= 0.6 is 0 Å². The number of rotatable bonds is 6. The van der Waals surface area contributed by atoms with Gasteiger partial charge in [0.2, 0.25) is 0 Å². The molecule has 29 heavy (non-hydrogen) atoms. The number of carbonyl (C=O) groups is 2. The third kappa shape index (κ3) is 3.52. The predicted molar refractivity (Wildman–Crippen MR) is 110 cm³/mol. The third-order valence-electron chi connectivity index (χ3n) is 5.80. The second-order valence-electron chi connectivity index (χ2n) is 7.95. The van der Waals surface area contributed by atoms with Crippen LogP contribution in [0.4, 0.5) is 0 Å². The minimum atomic E-state index is -0.194. The van der Waals surface area contributed by atoms with Gasteiger partial charge in [-0.3, -0.25) is 9.59 Å². The van der Waals surface area contributed by atoms with Crippen molar-refractivity contribution in [2.75, 3.05) is 6.54 Å². The smallest absolute Gasteiger partial charge is 0.287 e. The van der Waals surface area contributed by atoms with E-state index in [1.807, 2.05) is 29.0 Å². The van der Waals surface area contributed by atoms with Gasteiger partial charge in [-0.1, -0.05) is 18.2 Å². The lowest BCUT2D eigenvalue weighted by atomic mass is 10.1. The van der Waals surface area contributed by atoms with Crippen LogP contribution in [-0.2, 0) is 19.4 Å². The average Bonchev–Trinajstić information content (AvgIpc) is 3.33. The summed E-state index contributed by atoms with van der Waals surface area (Å²) < 4.78 is 1.94. The van der Waals surface area contributed by atoms with Gasteiger partial charge in [0.15, 0.2) is 5.82 Å². The molecule has 0 unspecified atom stereocenters. The molecule has 1 aliphatic carbocycles. The molecule has 150 valence electrons. The number of nitrogens with zero attached hydrogens (tertiary/aromatic N) is 2. The van der Waals surface area contributed by atoms with Crippen molar-refractivity contribution in [3.63, 3.8) is 0 Å². The van der Waals surface area contributed by atoms with E-state index in [4.69, 9.17) is 0 Å². The number of para-hydroxylation sites is 1. The maximum atomic E-state index is 12.9. The highest BCUT2D eigenvalue weighted by molar-refractivity contribution is 5.97. The van der Waals surface area contributed by atoms with E-state index in [0.717, 1.165) is 56.3 Å². The molecule has 2 aromatic heterocycles. The number of nitrogens with one attached hydrogen (secondary N) is 3. The van der Waals surface area contributed by atoms with Crippen molar-refractivity contribution in [1.29, 1.82) is 0 Å². The molecule has 0 bridgehead atoms. The molecule has 1 aliphatic heterocycles. The van der Waals surface area contributed by atoms with Gasteiger partial charge in [-0.2, -0.15) is 0 Å². The first kappa shape index (κ1) is 18.0. The van der Waals surface area contributed by atoms with Gasteiger partial charge >= 0.3 is 0 Å². The van der Waals surface area contributed by atoms with Crippen LogP contribution in [0.3, 0.4) is 0 Å². The highest BCUT2D eigenvalue weighted by Crippen LogP contribution is 2.23. The second-order valence-corrected chi connectivity index (χ2v) is 7.95. The zero-order chi connectivity index (χ0) is 19.8. The Morgan fingerprint density at radius 3 is 2.90 bits per heavy atom. The minimum absolute atomic E-state index is 0.159. The fourth-order valence-corrected chi connectivity index (χ4v) is 4.11. The van der Waals surface area contributed by atoms with E-state index < -0.39 is 0 Å². The van der Waals surface area contributed by atoms with Crippen LogP contribution in [0.1, 0.15) is 58.0 Å². The molecular weight excluding hydrogens is 366 g/mol. The van der Waals surface area contributed by atoms with Gasteiger partial charge < -0.3 is 20.2 Å². The molecule has 1 saturated carbocycles. The van der Waals surface area contributed by atoms with Gasteiger partial charge in [0.1, 0.15) is 5.69 Å². The maximum absolute atomic E-state index is 12.9. The fraction of sp³-hybridized carbons (Fsp3) is 0.409. The van der Waals surface area contributed by atoms with Gasteiger partial charge in [-0.25, -0.2) is 4.98 Å². The molecule has 3 heterocycles. The maximum Gasteiger partial charge on any atom is 0.287 e. The number of amides is 2. The number of benzene rings is 1. The quantitative estimate of drug-likeness (QED) is 0.603. The summed E-state index contributed by atoms with van der Waals surface area (Å²) >= 11 is 0. The van der Waals surface area contributed by atoms with Crippen molar-refractivity contribution in [2.24, 2.45) is 0 Å². The van der Waals surface area contributed by atoms with Crippen molar-refractivity contribution in [2.45, 2.75) is 51.1 Å². The number of hydrogen-bond acceptors (Lipinski definition) is 3. The summed E-state index contributed by atoms with van der Waals surface area (Å²) in [5.41, 5.74) is 3.58. The van der Waals surface area contributed by atoms with Crippen molar-refractivity contribution >= 4 is 22.7 Å². The van der Waals surface area contributed by atoms with E-state index >= 15 is 0 Å². The third-order valence-corrected chi connectivity index (χ3v) is 5.80. The molecule has 2 aliphatic rings. The Hall–Kier alpha value is -3.09. The molecule has 7 heteroatoms. The van der Waals surface area contributed by atoms with Crippen LogP contribution in [0, 0.1) is 0 Å². The lowest BCUT2D eigenvalue weighted by molar-refractivity contribution is 0.0935. The van der Waals surface area contributed by atoms with E-state index in [1.165, 1.54) is 10.9 Å². The molecule has 0 radical (unpaired) electrons. The molecule has 3 N–H and O–H groups in total. The molecule has 7 nitrogen and oxygen atoms in total. The van der Waals surface area contributed by atoms with Crippen LogP contribution in [0.5, 0.6) is 0 Å². The van der Waals surface area contributed by atoms with E-state index in [2.05, 4.69) is 26.7 Å². The predicted octanol–water partition coefficient (Wildman–Crippen LogP) is 2.57. The summed E-state index contributed by atoms with van der Waals surface area (Å²) in [5.74, 6) is 0.0304. The van der Waals surface area contributed by atoms with Crippen LogP contribution in [0.15, 0.2) is 30.5 Å². The zero-order valence-corrected chi connectivity index (χ0v) is 16.3. The van der Waals surface area contributed by atoms with Crippen LogP contribution < -0.4 is 10.6 Å². The number of aromatic nitrogens is 3. The highest BCUT2D eigenvalue weighted by atomic mass is 16.2. The Labute approximate surface area is 168 Å². The fourth-order valence-electron chi connectivity index (χ4n) is 4.11. The minimum Gasteiger partial charge on any atom is -0.361 e. The Balaban J connectivity index is 1.30. The van der Waals surface area contributed by atoms with Gasteiger partial charge in [-0.15, -0.1) is 0 Å². The molecule has 3 aromatic rings. The first-order valence-corrected chi connectivity index (χ1v) is 10.4. The van der Waals surface area contributed by atoms with Crippen molar-refractivity contribution < 1.29 is 9.59 Å². The molecule has 0 atom stereocenters. The molecule has 5 rings (SSSR count). The number of imidazole rings is 1. The molecular formula is C22H25N5O2. The monoisotopic (exact) mass is 391 g/mol. The molecule has 0 saturated heterocycles. The summed E-state index contributed by atoms with van der Waals surface area (Å²) in [4.78, 5) is 33.2. The van der Waals surface area contributed by atoms with Crippen LogP contribution in [0.2, 0.25) is 0 Å². The normalized spacial score (nSPS) is 15.9. The Morgan fingerprint density at radius 2 is 2.03 bits per heavy atom. The standard InChI is InChI=1S/C22H25N5O2/c28-21(23-11-10-14-13-24-17-6-2-1-5-16(14)17)19-18-7-3-4-12-27(18)20(26-19)22(29)25-15-8-9-15/h1-2,5-6,13,15,24H,3-4,7-12H2,(H,23,28)(H,25,29). The van der Waals surface area contributed by atoms with Gasteiger partial charge in [0.05, 0.1) is 5.69 Å². The molecule has 1 fully saturated rings. The van der Waals surface area contributed by atoms with Crippen molar-refractivity contribution in [3.05, 3.63) is 53.2 Å². The lowest BCUT2D eigenvalue weighted by Gasteiger charge is -2.17. The van der Waals surface area contributed by atoms with Crippen molar-refractivity contribution in [1.82, 2.24) is 25.2 Å². The van der Waals surface area contributed by atoms with Crippen LogP contribution in [0.25, 0.3) is 10.9 Å². The lowest BCUT2D eigenvalue weighted by Crippen LogP contribution is -2.29. The SMILES string of the molecule is O=C(NCCc1c[nH]c2ccccc12)c1nc(C(=O)NC2CC2)n2c1CCCC2. The summed E-state index contributed by atoms with van der Waals surface area (Å²) in [6.45, 7) is 1.27. The van der Waals surface area contributed by atoms with Crippen LogP contribution in [-0.4, -0.2) is 38.9 Å². The first-order chi connectivity index (χ1) is 14.2. The summed E-state index contributed by atoms with van der Waals surface area (Å²) in [7, 11) is 0. The van der Waals surface area contributed by atoms with Gasteiger partial charge in [0, 0.05) is 36.2 Å². The molecule has 0 spiro atoms. The largest absolute Gasteiger partial charge is 0.361 e.